The van der Waals surface area contributed by atoms with E-state index in [9.17, 15) is 14.4 Å². The van der Waals surface area contributed by atoms with E-state index in [1.54, 1.807) is 25.2 Å². The molecule has 1 aromatic carbocycles. The highest BCUT2D eigenvalue weighted by Gasteiger charge is 2.30. The highest BCUT2D eigenvalue weighted by Crippen LogP contribution is 2.24. The summed E-state index contributed by atoms with van der Waals surface area (Å²) in [6, 6.07) is 4.76. The third-order valence-electron chi connectivity index (χ3n) is 3.18. The maximum atomic E-state index is 12.0. The molecule has 1 unspecified atom stereocenters. The van der Waals surface area contributed by atoms with Gasteiger partial charge in [0.2, 0.25) is 0 Å². The van der Waals surface area contributed by atoms with Crippen LogP contribution in [0.4, 0.5) is 10.5 Å². The quantitative estimate of drug-likeness (QED) is 0.797. The Bertz CT molecular complexity index is 638. The highest BCUT2D eigenvalue weighted by molar-refractivity contribution is 6.42. The smallest absolute Gasteiger partial charge is 0.416 e. The van der Waals surface area contributed by atoms with E-state index in [1.807, 2.05) is 0 Å². The molecule has 1 aliphatic rings. The Balaban J connectivity index is 1.83. The number of anilines is 1. The van der Waals surface area contributed by atoms with E-state index < -0.39 is 6.09 Å². The van der Waals surface area contributed by atoms with E-state index in [4.69, 9.17) is 27.9 Å². The predicted octanol–water partition coefficient (Wildman–Crippen LogP) is 0.425. The van der Waals surface area contributed by atoms with E-state index in [2.05, 4.69) is 5.32 Å². The molecule has 0 aliphatic carbocycles. The number of ether oxygens (including phenoxy) is 1. The van der Waals surface area contributed by atoms with Crippen LogP contribution in [0.25, 0.3) is 0 Å². The third kappa shape index (κ3) is 4.82. The van der Waals surface area contributed by atoms with Gasteiger partial charge in [0.05, 0.1) is 23.6 Å². The first kappa shape index (κ1) is 17.5. The van der Waals surface area contributed by atoms with Gasteiger partial charge in [-0.25, -0.2) is 9.69 Å². The van der Waals surface area contributed by atoms with Gasteiger partial charge in [0.25, 0.3) is 11.8 Å². The molecule has 3 amide bonds. The second-order valence-corrected chi connectivity index (χ2v) is 5.96. The summed E-state index contributed by atoms with van der Waals surface area (Å²) in [5.41, 5.74) is 0.520. The number of hydrogen-bond acceptors (Lipinski definition) is 4. The number of likely N-dealkylation sites (N-methyl/N-ethyl adjacent to an activating group) is 1. The van der Waals surface area contributed by atoms with Crippen LogP contribution in [0.15, 0.2) is 18.2 Å². The summed E-state index contributed by atoms with van der Waals surface area (Å²) in [6.45, 7) is 0.542. The van der Waals surface area contributed by atoms with Crippen molar-refractivity contribution in [3.8, 4) is 0 Å². The monoisotopic (exact) mass is 360 g/mol. The first-order chi connectivity index (χ1) is 10.9. The Morgan fingerprint density at radius 2 is 2.04 bits per heavy atom. The fourth-order valence-electron chi connectivity index (χ4n) is 2.09. The van der Waals surface area contributed by atoms with Crippen LogP contribution >= 0.6 is 23.2 Å². The Morgan fingerprint density at radius 1 is 1.30 bits per heavy atom. The van der Waals surface area contributed by atoms with Crippen molar-refractivity contribution in [3.63, 3.8) is 0 Å². The minimum Gasteiger partial charge on any atom is -0.447 e. The fourth-order valence-corrected chi connectivity index (χ4v) is 2.39. The van der Waals surface area contributed by atoms with Crippen LogP contribution in [0.1, 0.15) is 0 Å². The van der Waals surface area contributed by atoms with Gasteiger partial charge in [0, 0.05) is 5.69 Å². The number of amides is 3. The lowest BCUT2D eigenvalue weighted by atomic mass is 10.3. The number of imide groups is 1. The molecule has 0 saturated carbocycles. The second-order valence-electron chi connectivity index (χ2n) is 5.15. The van der Waals surface area contributed by atoms with E-state index in [1.165, 1.54) is 0 Å². The SMILES string of the molecule is C[NH+](CC(=O)Nc1ccc(Cl)c(Cl)c1)CC(=O)N1CCOC1=O. The van der Waals surface area contributed by atoms with Gasteiger partial charge >= 0.3 is 6.09 Å². The Morgan fingerprint density at radius 3 is 2.65 bits per heavy atom. The number of benzene rings is 1. The molecule has 1 aliphatic heterocycles. The predicted molar refractivity (Wildman–Crippen MR) is 84.8 cm³/mol. The van der Waals surface area contributed by atoms with Crippen molar-refractivity contribution in [3.05, 3.63) is 28.2 Å². The molecule has 1 aromatic rings. The molecule has 0 bridgehead atoms. The number of halogens is 2. The number of nitrogens with one attached hydrogen (secondary N) is 2. The van der Waals surface area contributed by atoms with Crippen molar-refractivity contribution in [2.45, 2.75) is 0 Å². The summed E-state index contributed by atoms with van der Waals surface area (Å²) < 4.78 is 4.70. The Labute approximate surface area is 143 Å². The van der Waals surface area contributed by atoms with Crippen molar-refractivity contribution in [1.29, 1.82) is 0 Å². The minimum atomic E-state index is -0.636. The van der Waals surface area contributed by atoms with Crippen LogP contribution < -0.4 is 10.2 Å². The summed E-state index contributed by atoms with van der Waals surface area (Å²) in [7, 11) is 1.69. The lowest BCUT2D eigenvalue weighted by molar-refractivity contribution is -0.862. The molecule has 0 spiro atoms. The molecular weight excluding hydrogens is 345 g/mol. The van der Waals surface area contributed by atoms with Gasteiger partial charge in [-0.2, -0.15) is 0 Å². The Hall–Kier alpha value is -1.83. The molecule has 124 valence electrons. The summed E-state index contributed by atoms with van der Waals surface area (Å²) in [4.78, 5) is 36.9. The highest BCUT2D eigenvalue weighted by atomic mass is 35.5. The van der Waals surface area contributed by atoms with Gasteiger partial charge in [-0.05, 0) is 18.2 Å². The van der Waals surface area contributed by atoms with Crippen LogP contribution in [0, 0.1) is 0 Å². The summed E-state index contributed by atoms with van der Waals surface area (Å²) in [5.74, 6) is -0.648. The Kier molecular flexibility index (Phi) is 5.81. The molecule has 23 heavy (non-hydrogen) atoms. The first-order valence-corrected chi connectivity index (χ1v) is 7.65. The zero-order valence-electron chi connectivity index (χ0n) is 12.4. The van der Waals surface area contributed by atoms with Crippen LogP contribution in [0.2, 0.25) is 10.0 Å². The minimum absolute atomic E-state index is 0.0178. The maximum absolute atomic E-state index is 12.0. The van der Waals surface area contributed by atoms with Crippen molar-refractivity contribution in [2.24, 2.45) is 0 Å². The molecule has 1 atom stereocenters. The third-order valence-corrected chi connectivity index (χ3v) is 3.92. The number of rotatable bonds is 5. The molecule has 2 N–H and O–H groups in total. The van der Waals surface area contributed by atoms with Gasteiger partial charge in [0.1, 0.15) is 6.61 Å². The van der Waals surface area contributed by atoms with Crippen molar-refractivity contribution in [2.75, 3.05) is 38.6 Å². The van der Waals surface area contributed by atoms with Gasteiger partial charge in [-0.3, -0.25) is 9.59 Å². The van der Waals surface area contributed by atoms with Crippen molar-refractivity contribution in [1.82, 2.24) is 4.90 Å². The standard InChI is InChI=1S/C14H15Cl2N3O4/c1-18(8-13(21)19-4-5-23-14(19)22)7-12(20)17-9-2-3-10(15)11(16)6-9/h2-3,6H,4-5,7-8H2,1H3,(H,17,20)/p+1. The van der Waals surface area contributed by atoms with Crippen LogP contribution in [-0.4, -0.2) is 56.1 Å². The fraction of sp³-hybridized carbons (Fsp3) is 0.357. The van der Waals surface area contributed by atoms with Gasteiger partial charge in [0.15, 0.2) is 13.1 Å². The number of carbonyl (C=O) groups excluding carboxylic acids is 3. The average molecular weight is 361 g/mol. The van der Waals surface area contributed by atoms with E-state index in [0.29, 0.717) is 20.6 Å². The van der Waals surface area contributed by atoms with Crippen molar-refractivity contribution >= 4 is 46.8 Å². The molecule has 0 aromatic heterocycles. The van der Waals surface area contributed by atoms with Gasteiger partial charge in [-0.15, -0.1) is 0 Å². The molecule has 7 nitrogen and oxygen atoms in total. The number of nitrogens with zero attached hydrogens (tertiary/aromatic N) is 1. The van der Waals surface area contributed by atoms with Crippen molar-refractivity contribution < 1.29 is 24.0 Å². The summed E-state index contributed by atoms with van der Waals surface area (Å²) >= 11 is 11.7. The van der Waals surface area contributed by atoms with Gasteiger partial charge in [-0.1, -0.05) is 23.2 Å². The zero-order chi connectivity index (χ0) is 17.0. The number of quaternary nitrogens is 1. The van der Waals surface area contributed by atoms with Gasteiger partial charge < -0.3 is 15.0 Å². The van der Waals surface area contributed by atoms with Crippen LogP contribution in [0.3, 0.4) is 0 Å². The van der Waals surface area contributed by atoms with E-state index in [-0.39, 0.29) is 38.1 Å². The van der Waals surface area contributed by atoms with E-state index in [0.717, 1.165) is 4.90 Å². The van der Waals surface area contributed by atoms with Crippen LogP contribution in [-0.2, 0) is 14.3 Å². The largest absolute Gasteiger partial charge is 0.447 e. The molecule has 1 saturated heterocycles. The number of hydrogen-bond donors (Lipinski definition) is 2. The topological polar surface area (TPSA) is 80.2 Å². The lowest BCUT2D eigenvalue weighted by Gasteiger charge is -2.16. The van der Waals surface area contributed by atoms with E-state index >= 15 is 0 Å². The molecule has 1 heterocycles. The number of cyclic esters (lactones) is 1. The zero-order valence-corrected chi connectivity index (χ0v) is 13.9. The first-order valence-electron chi connectivity index (χ1n) is 6.90. The number of carbonyl (C=O) groups is 3. The average Bonchev–Trinajstić information content (AvgIpc) is 2.89. The molecule has 2 rings (SSSR count). The summed E-state index contributed by atoms with van der Waals surface area (Å²) in [5, 5.41) is 3.41. The molecule has 1 fully saturated rings. The second kappa shape index (κ2) is 7.63. The lowest BCUT2D eigenvalue weighted by Crippen LogP contribution is -3.11. The molecular formula is C14H16Cl2N3O4+. The summed E-state index contributed by atoms with van der Waals surface area (Å²) in [6.07, 6.45) is -0.636. The normalized spacial score (nSPS) is 15.3. The maximum Gasteiger partial charge on any atom is 0.416 e. The van der Waals surface area contributed by atoms with Crippen LogP contribution in [0.5, 0.6) is 0 Å². The molecule has 0 radical (unpaired) electrons. The molecule has 9 heteroatoms.